The molecule has 1 aliphatic rings. The predicted molar refractivity (Wildman–Crippen MR) is 70.5 cm³/mol. The van der Waals surface area contributed by atoms with Crippen molar-refractivity contribution < 1.29 is 18.7 Å². The SMILES string of the molecule is CN1CCc2c(c(C(=O)O)nn2-c2cc(F)ccc2F)C1. The molecule has 0 aliphatic carbocycles. The number of hydrogen-bond acceptors (Lipinski definition) is 3. The summed E-state index contributed by atoms with van der Waals surface area (Å²) in [5.41, 5.74) is 0.999. The average molecular weight is 293 g/mol. The number of fused-ring (bicyclic) bond motifs is 1. The topological polar surface area (TPSA) is 58.4 Å². The fraction of sp³-hybridized carbons (Fsp3) is 0.286. The van der Waals surface area contributed by atoms with Crippen molar-refractivity contribution in [1.82, 2.24) is 14.7 Å². The Morgan fingerprint density at radius 1 is 1.38 bits per heavy atom. The van der Waals surface area contributed by atoms with E-state index in [9.17, 15) is 18.7 Å². The molecule has 0 bridgehead atoms. The lowest BCUT2D eigenvalue weighted by molar-refractivity contribution is 0.0687. The molecule has 1 aliphatic heterocycles. The van der Waals surface area contributed by atoms with Crippen molar-refractivity contribution in [1.29, 1.82) is 0 Å². The molecule has 2 aromatic rings. The summed E-state index contributed by atoms with van der Waals surface area (Å²) in [6, 6.07) is 3.04. The first-order chi connectivity index (χ1) is 9.97. The number of carboxylic acid groups (broad SMARTS) is 1. The van der Waals surface area contributed by atoms with Crippen molar-refractivity contribution >= 4 is 5.97 Å². The monoisotopic (exact) mass is 293 g/mol. The molecule has 0 saturated carbocycles. The number of benzene rings is 1. The second-order valence-corrected chi connectivity index (χ2v) is 5.07. The summed E-state index contributed by atoms with van der Waals surface area (Å²) in [5, 5.41) is 13.2. The van der Waals surface area contributed by atoms with Gasteiger partial charge in [-0.15, -0.1) is 0 Å². The highest BCUT2D eigenvalue weighted by atomic mass is 19.1. The smallest absolute Gasteiger partial charge is 0.356 e. The molecule has 0 unspecified atom stereocenters. The van der Waals surface area contributed by atoms with Gasteiger partial charge in [-0.05, 0) is 19.2 Å². The van der Waals surface area contributed by atoms with Gasteiger partial charge in [0.25, 0.3) is 0 Å². The lowest BCUT2D eigenvalue weighted by atomic mass is 10.1. The van der Waals surface area contributed by atoms with Gasteiger partial charge in [0.2, 0.25) is 0 Å². The summed E-state index contributed by atoms with van der Waals surface area (Å²) in [4.78, 5) is 13.3. The van der Waals surface area contributed by atoms with Crippen molar-refractivity contribution in [2.45, 2.75) is 13.0 Å². The minimum Gasteiger partial charge on any atom is -0.476 e. The third kappa shape index (κ3) is 2.29. The molecule has 7 heteroatoms. The minimum absolute atomic E-state index is 0.0664. The van der Waals surface area contributed by atoms with E-state index in [0.717, 1.165) is 18.2 Å². The fourth-order valence-corrected chi connectivity index (χ4v) is 2.57. The molecule has 0 radical (unpaired) electrons. The van der Waals surface area contributed by atoms with Crippen LogP contribution in [-0.2, 0) is 13.0 Å². The zero-order chi connectivity index (χ0) is 15.1. The van der Waals surface area contributed by atoms with Gasteiger partial charge >= 0.3 is 5.97 Å². The van der Waals surface area contributed by atoms with Crippen LogP contribution >= 0.6 is 0 Å². The number of nitrogens with zero attached hydrogens (tertiary/aromatic N) is 3. The van der Waals surface area contributed by atoms with Gasteiger partial charge in [0.15, 0.2) is 5.69 Å². The van der Waals surface area contributed by atoms with E-state index in [1.165, 1.54) is 4.68 Å². The van der Waals surface area contributed by atoms with Crippen LogP contribution in [0.25, 0.3) is 5.69 Å². The highest BCUT2D eigenvalue weighted by Gasteiger charge is 2.28. The molecule has 1 aromatic carbocycles. The van der Waals surface area contributed by atoms with Crippen LogP contribution in [0.2, 0.25) is 0 Å². The van der Waals surface area contributed by atoms with Crippen molar-refractivity contribution in [3.63, 3.8) is 0 Å². The first kappa shape index (κ1) is 13.7. The largest absolute Gasteiger partial charge is 0.476 e. The Morgan fingerprint density at radius 2 is 2.14 bits per heavy atom. The summed E-state index contributed by atoms with van der Waals surface area (Å²) in [5.74, 6) is -2.41. The number of carboxylic acids is 1. The van der Waals surface area contributed by atoms with E-state index >= 15 is 0 Å². The number of likely N-dealkylation sites (N-methyl/N-ethyl adjacent to an activating group) is 1. The van der Waals surface area contributed by atoms with Crippen LogP contribution in [-0.4, -0.2) is 39.3 Å². The number of carbonyl (C=O) groups is 1. The first-order valence-electron chi connectivity index (χ1n) is 6.45. The number of rotatable bonds is 2. The van der Waals surface area contributed by atoms with Gasteiger partial charge in [-0.3, -0.25) is 0 Å². The Labute approximate surface area is 119 Å². The lowest BCUT2D eigenvalue weighted by Crippen LogP contribution is -2.28. The Balaban J connectivity index is 2.22. The van der Waals surface area contributed by atoms with Crippen LogP contribution in [0.1, 0.15) is 21.7 Å². The van der Waals surface area contributed by atoms with Gasteiger partial charge in [0, 0.05) is 31.1 Å². The van der Waals surface area contributed by atoms with Gasteiger partial charge in [-0.25, -0.2) is 18.3 Å². The van der Waals surface area contributed by atoms with E-state index in [1.807, 2.05) is 11.9 Å². The highest BCUT2D eigenvalue weighted by molar-refractivity contribution is 5.87. The summed E-state index contributed by atoms with van der Waals surface area (Å²) >= 11 is 0. The zero-order valence-corrected chi connectivity index (χ0v) is 11.3. The Morgan fingerprint density at radius 3 is 2.86 bits per heavy atom. The van der Waals surface area contributed by atoms with Crippen molar-refractivity contribution in [2.75, 3.05) is 13.6 Å². The fourth-order valence-electron chi connectivity index (χ4n) is 2.57. The quantitative estimate of drug-likeness (QED) is 0.918. The third-order valence-electron chi connectivity index (χ3n) is 3.59. The molecule has 0 saturated heterocycles. The van der Waals surface area contributed by atoms with Gasteiger partial charge in [0.1, 0.15) is 17.3 Å². The summed E-state index contributed by atoms with van der Waals surface area (Å²) in [6.07, 6.45) is 0.530. The van der Waals surface area contributed by atoms with Crippen LogP contribution in [0.15, 0.2) is 18.2 Å². The van der Waals surface area contributed by atoms with Gasteiger partial charge in [-0.1, -0.05) is 0 Å². The lowest BCUT2D eigenvalue weighted by Gasteiger charge is -2.23. The Hall–Kier alpha value is -2.28. The minimum atomic E-state index is -1.17. The predicted octanol–water partition coefficient (Wildman–Crippen LogP) is 1.84. The highest BCUT2D eigenvalue weighted by Crippen LogP contribution is 2.26. The van der Waals surface area contributed by atoms with Crippen molar-refractivity contribution in [3.8, 4) is 5.69 Å². The molecule has 0 fully saturated rings. The number of aromatic nitrogens is 2. The van der Waals surface area contributed by atoms with Crippen molar-refractivity contribution in [3.05, 3.63) is 46.8 Å². The molecule has 2 heterocycles. The molecule has 110 valence electrons. The summed E-state index contributed by atoms with van der Waals surface area (Å²) in [7, 11) is 1.87. The maximum Gasteiger partial charge on any atom is 0.356 e. The molecule has 21 heavy (non-hydrogen) atoms. The van der Waals surface area contributed by atoms with Crippen LogP contribution in [0.3, 0.4) is 0 Å². The Bertz CT molecular complexity index is 727. The van der Waals surface area contributed by atoms with Crippen molar-refractivity contribution in [2.24, 2.45) is 0 Å². The summed E-state index contributed by atoms with van der Waals surface area (Å²) in [6.45, 7) is 1.13. The molecule has 0 amide bonds. The van der Waals surface area contributed by atoms with E-state index in [4.69, 9.17) is 0 Å². The molecule has 3 rings (SSSR count). The number of halogens is 2. The van der Waals surface area contributed by atoms with Crippen LogP contribution in [0.5, 0.6) is 0 Å². The van der Waals surface area contributed by atoms with Gasteiger partial charge < -0.3 is 10.0 Å². The summed E-state index contributed by atoms with van der Waals surface area (Å²) < 4.78 is 28.5. The van der Waals surface area contributed by atoms with Crippen LogP contribution in [0, 0.1) is 11.6 Å². The van der Waals surface area contributed by atoms with E-state index in [1.54, 1.807) is 0 Å². The Kier molecular flexibility index (Phi) is 3.21. The first-order valence-corrected chi connectivity index (χ1v) is 6.45. The molecule has 0 spiro atoms. The molecule has 1 N–H and O–H groups in total. The maximum absolute atomic E-state index is 13.9. The van der Waals surface area contributed by atoms with E-state index in [2.05, 4.69) is 5.10 Å². The number of aromatic carboxylic acids is 1. The second-order valence-electron chi connectivity index (χ2n) is 5.07. The second kappa shape index (κ2) is 4.92. The average Bonchev–Trinajstić information content (AvgIpc) is 2.80. The number of hydrogen-bond donors (Lipinski definition) is 1. The molecule has 0 atom stereocenters. The van der Waals surface area contributed by atoms with E-state index in [0.29, 0.717) is 30.8 Å². The third-order valence-corrected chi connectivity index (χ3v) is 3.59. The molecular formula is C14H13F2N3O2. The van der Waals surface area contributed by atoms with E-state index in [-0.39, 0.29) is 11.4 Å². The van der Waals surface area contributed by atoms with Crippen LogP contribution < -0.4 is 0 Å². The molecular weight excluding hydrogens is 280 g/mol. The van der Waals surface area contributed by atoms with Gasteiger partial charge in [0.05, 0.1) is 5.69 Å². The maximum atomic E-state index is 13.9. The zero-order valence-electron chi connectivity index (χ0n) is 11.3. The molecule has 1 aromatic heterocycles. The van der Waals surface area contributed by atoms with Gasteiger partial charge in [-0.2, -0.15) is 5.10 Å². The van der Waals surface area contributed by atoms with E-state index < -0.39 is 17.6 Å². The molecule has 5 nitrogen and oxygen atoms in total. The van der Waals surface area contributed by atoms with Crippen LogP contribution in [0.4, 0.5) is 8.78 Å². The standard InChI is InChI=1S/C14H13F2N3O2/c1-18-5-4-11-9(7-18)13(14(20)21)17-19(11)12-6-8(15)2-3-10(12)16/h2-3,6H,4-5,7H2,1H3,(H,20,21). The normalized spacial score (nSPS) is 15.0.